The van der Waals surface area contributed by atoms with Gasteiger partial charge in [0.25, 0.3) is 5.91 Å². The van der Waals surface area contributed by atoms with Gasteiger partial charge >= 0.3 is 0 Å². The van der Waals surface area contributed by atoms with Crippen LogP contribution in [0, 0.1) is 11.8 Å². The van der Waals surface area contributed by atoms with Gasteiger partial charge in [0, 0.05) is 31.1 Å². The van der Waals surface area contributed by atoms with Crippen LogP contribution in [0.5, 0.6) is 0 Å². The number of piperidine rings is 1. The molecule has 4 atom stereocenters. The van der Waals surface area contributed by atoms with E-state index in [1.807, 2.05) is 12.1 Å². The van der Waals surface area contributed by atoms with Gasteiger partial charge in [-0.2, -0.15) is 0 Å². The van der Waals surface area contributed by atoms with E-state index in [9.17, 15) is 14.4 Å². The zero-order valence-electron chi connectivity index (χ0n) is 15.2. The van der Waals surface area contributed by atoms with Crippen molar-refractivity contribution in [2.45, 2.75) is 44.4 Å². The first-order valence-electron chi connectivity index (χ1n) is 9.81. The smallest absolute Gasteiger partial charge is 0.255 e. The van der Waals surface area contributed by atoms with Crippen LogP contribution in [-0.4, -0.2) is 47.8 Å². The molecule has 0 bridgehead atoms. The lowest BCUT2D eigenvalue weighted by Gasteiger charge is -2.40. The molecule has 1 aromatic rings. The van der Waals surface area contributed by atoms with Crippen molar-refractivity contribution in [2.24, 2.45) is 11.8 Å². The molecule has 3 heterocycles. The van der Waals surface area contributed by atoms with Gasteiger partial charge in [-0.05, 0) is 55.0 Å². The number of fused-ring (bicyclic) bond motifs is 2. The van der Waals surface area contributed by atoms with E-state index in [0.717, 1.165) is 37.0 Å². The molecule has 4 aliphatic rings. The van der Waals surface area contributed by atoms with E-state index in [-0.39, 0.29) is 24.1 Å². The second kappa shape index (κ2) is 6.42. The molecule has 142 valence electrons. The first-order chi connectivity index (χ1) is 13.1. The van der Waals surface area contributed by atoms with Crippen LogP contribution in [0.4, 0.5) is 0 Å². The number of nitrogens with zero attached hydrogens (tertiary/aromatic N) is 1. The Labute approximate surface area is 157 Å². The minimum absolute atomic E-state index is 0.113. The Morgan fingerprint density at radius 3 is 2.89 bits per heavy atom. The Kier molecular flexibility index (Phi) is 4.02. The van der Waals surface area contributed by atoms with E-state index in [1.165, 1.54) is 12.0 Å². The average molecular weight is 368 g/mol. The molecule has 3 N–H and O–H groups in total. The summed E-state index contributed by atoms with van der Waals surface area (Å²) in [4.78, 5) is 37.8. The molecule has 3 amide bonds. The van der Waals surface area contributed by atoms with E-state index in [1.54, 1.807) is 4.90 Å². The lowest BCUT2D eigenvalue weighted by Crippen LogP contribution is -2.52. The van der Waals surface area contributed by atoms with E-state index >= 15 is 0 Å². The molecular formula is C20H24N4O3. The highest BCUT2D eigenvalue weighted by atomic mass is 16.2. The molecule has 0 radical (unpaired) electrons. The summed E-state index contributed by atoms with van der Waals surface area (Å²) in [6.07, 6.45) is 1.92. The topological polar surface area (TPSA) is 90.5 Å². The number of hydrogen-bond donors (Lipinski definition) is 3. The van der Waals surface area contributed by atoms with Crippen molar-refractivity contribution in [3.8, 4) is 0 Å². The Balaban J connectivity index is 1.25. The molecular weight excluding hydrogens is 344 g/mol. The first-order valence-corrected chi connectivity index (χ1v) is 9.81. The van der Waals surface area contributed by atoms with Crippen LogP contribution in [0.3, 0.4) is 0 Å². The number of carbonyl (C=O) groups is 3. The lowest BCUT2D eigenvalue weighted by molar-refractivity contribution is -0.136. The molecule has 4 unspecified atom stereocenters. The maximum Gasteiger partial charge on any atom is 0.255 e. The molecule has 5 rings (SSSR count). The highest BCUT2D eigenvalue weighted by Crippen LogP contribution is 2.37. The van der Waals surface area contributed by atoms with Gasteiger partial charge < -0.3 is 15.5 Å². The van der Waals surface area contributed by atoms with Crippen LogP contribution in [0.1, 0.15) is 40.7 Å². The van der Waals surface area contributed by atoms with Crippen LogP contribution in [-0.2, 0) is 22.7 Å². The van der Waals surface area contributed by atoms with Crippen LogP contribution >= 0.6 is 0 Å². The normalized spacial score (nSPS) is 32.1. The fourth-order valence-corrected chi connectivity index (χ4v) is 5.01. The number of rotatable bonds is 4. The van der Waals surface area contributed by atoms with Crippen molar-refractivity contribution in [1.82, 2.24) is 20.9 Å². The summed E-state index contributed by atoms with van der Waals surface area (Å²) in [6, 6.07) is 5.99. The molecule has 1 aliphatic carbocycles. The van der Waals surface area contributed by atoms with Crippen molar-refractivity contribution in [3.63, 3.8) is 0 Å². The maximum atomic E-state index is 12.7. The number of hydrogen-bond acceptors (Lipinski definition) is 5. The van der Waals surface area contributed by atoms with E-state index in [4.69, 9.17) is 0 Å². The van der Waals surface area contributed by atoms with Crippen LogP contribution in [0.15, 0.2) is 18.2 Å². The van der Waals surface area contributed by atoms with Gasteiger partial charge in [0.05, 0.1) is 0 Å². The van der Waals surface area contributed by atoms with Gasteiger partial charge in [-0.25, -0.2) is 0 Å². The molecule has 0 spiro atoms. The minimum atomic E-state index is -0.550. The molecule has 1 saturated carbocycles. The lowest BCUT2D eigenvalue weighted by atomic mass is 9.71. The van der Waals surface area contributed by atoms with Crippen molar-refractivity contribution in [1.29, 1.82) is 0 Å². The fraction of sp³-hybridized carbons (Fsp3) is 0.550. The van der Waals surface area contributed by atoms with Crippen molar-refractivity contribution < 1.29 is 14.4 Å². The van der Waals surface area contributed by atoms with Gasteiger partial charge in [0.1, 0.15) is 6.04 Å². The number of amides is 3. The summed E-state index contributed by atoms with van der Waals surface area (Å²) >= 11 is 0. The number of benzene rings is 1. The van der Waals surface area contributed by atoms with Crippen LogP contribution < -0.4 is 16.0 Å². The van der Waals surface area contributed by atoms with Crippen molar-refractivity contribution >= 4 is 17.7 Å². The molecule has 7 nitrogen and oxygen atoms in total. The van der Waals surface area contributed by atoms with Crippen LogP contribution in [0.25, 0.3) is 0 Å². The summed E-state index contributed by atoms with van der Waals surface area (Å²) in [7, 11) is 0. The predicted octanol–water partition coefficient (Wildman–Crippen LogP) is 0.145. The zero-order chi connectivity index (χ0) is 18.5. The Hall–Kier alpha value is -2.25. The third kappa shape index (κ3) is 2.85. The summed E-state index contributed by atoms with van der Waals surface area (Å²) < 4.78 is 0. The third-order valence-corrected chi connectivity index (χ3v) is 6.62. The third-order valence-electron chi connectivity index (χ3n) is 6.62. The van der Waals surface area contributed by atoms with E-state index in [0.29, 0.717) is 24.6 Å². The summed E-state index contributed by atoms with van der Waals surface area (Å²) in [6.45, 7) is 3.50. The minimum Gasteiger partial charge on any atom is -0.322 e. The quantitative estimate of drug-likeness (QED) is 0.658. The van der Waals surface area contributed by atoms with Gasteiger partial charge in [-0.15, -0.1) is 0 Å². The molecule has 27 heavy (non-hydrogen) atoms. The highest BCUT2D eigenvalue weighted by molar-refractivity contribution is 6.05. The number of carbonyl (C=O) groups excluding carboxylic acids is 3. The fourth-order valence-electron chi connectivity index (χ4n) is 5.01. The monoisotopic (exact) mass is 368 g/mol. The first kappa shape index (κ1) is 16.9. The molecule has 3 fully saturated rings. The van der Waals surface area contributed by atoms with Gasteiger partial charge in [0.15, 0.2) is 0 Å². The highest BCUT2D eigenvalue weighted by Gasteiger charge is 2.43. The van der Waals surface area contributed by atoms with Gasteiger partial charge in [-0.1, -0.05) is 12.1 Å². The maximum absolute atomic E-state index is 12.7. The molecule has 3 aliphatic heterocycles. The zero-order valence-corrected chi connectivity index (χ0v) is 15.2. The molecule has 1 aromatic carbocycles. The van der Waals surface area contributed by atoms with Crippen molar-refractivity contribution in [3.05, 3.63) is 34.9 Å². The number of nitrogens with one attached hydrogen (secondary N) is 3. The average Bonchev–Trinajstić information content (AvgIpc) is 3.16. The molecule has 2 saturated heterocycles. The molecule has 0 aromatic heterocycles. The summed E-state index contributed by atoms with van der Waals surface area (Å²) in [5, 5.41) is 9.45. The van der Waals surface area contributed by atoms with Gasteiger partial charge in [0.2, 0.25) is 11.8 Å². The largest absolute Gasteiger partial charge is 0.322 e. The summed E-state index contributed by atoms with van der Waals surface area (Å²) in [5.74, 6) is 0.854. The SMILES string of the molecule is O=C1CCC(N2Cc3cc(CNC4CC5CNCC54)ccc3C2=O)C(=O)N1. The second-order valence-electron chi connectivity index (χ2n) is 8.20. The Bertz CT molecular complexity index is 823. The Morgan fingerprint density at radius 2 is 2.07 bits per heavy atom. The van der Waals surface area contributed by atoms with Crippen LogP contribution in [0.2, 0.25) is 0 Å². The standard InChI is InChI=1S/C20H24N4O3/c25-18-4-3-17(19(26)23-18)24-10-13-5-11(1-2-14(13)20(24)27)7-22-16-6-12-8-21-9-15(12)16/h1-2,5,12,15-17,21-22H,3-4,6-10H2,(H,23,25,26). The predicted molar refractivity (Wildman–Crippen MR) is 97.6 cm³/mol. The summed E-state index contributed by atoms with van der Waals surface area (Å²) in [5.41, 5.74) is 2.81. The van der Waals surface area contributed by atoms with E-state index < -0.39 is 6.04 Å². The Morgan fingerprint density at radius 1 is 1.19 bits per heavy atom. The van der Waals surface area contributed by atoms with Crippen molar-refractivity contribution in [2.75, 3.05) is 13.1 Å². The van der Waals surface area contributed by atoms with E-state index in [2.05, 4.69) is 22.0 Å². The number of imide groups is 1. The second-order valence-corrected chi connectivity index (χ2v) is 8.20. The van der Waals surface area contributed by atoms with Gasteiger partial charge in [-0.3, -0.25) is 19.7 Å². The molecule has 7 heteroatoms.